The number of aliphatic hydroxyl groups is 1. The molecule has 2 heterocycles. The van der Waals surface area contributed by atoms with Crippen LogP contribution in [0.25, 0.3) is 0 Å². The molecular weight excluding hydrogens is 334 g/mol. The molecule has 2 aliphatic rings. The standard InChI is InChI=1S/C19H27N3O4/c1-26-13-12-21-9-5-8-19(25,18(21)24)15-20-10-11-22(17(23)14-20)16-6-3-2-4-7-16/h2-4,6-7,25H,5,8-15H2,1H3. The first kappa shape index (κ1) is 18.8. The Labute approximate surface area is 154 Å². The van der Waals surface area contributed by atoms with E-state index in [1.165, 1.54) is 0 Å². The Morgan fingerprint density at radius 3 is 2.62 bits per heavy atom. The molecule has 2 fully saturated rings. The van der Waals surface area contributed by atoms with Gasteiger partial charge in [-0.05, 0) is 25.0 Å². The van der Waals surface area contributed by atoms with Crippen LogP contribution in [0.15, 0.2) is 30.3 Å². The average Bonchev–Trinajstić information content (AvgIpc) is 2.64. The molecule has 3 rings (SSSR count). The van der Waals surface area contributed by atoms with Crippen molar-refractivity contribution in [3.05, 3.63) is 30.3 Å². The van der Waals surface area contributed by atoms with Crippen molar-refractivity contribution in [1.29, 1.82) is 0 Å². The number of hydrogen-bond acceptors (Lipinski definition) is 5. The lowest BCUT2D eigenvalue weighted by Crippen LogP contribution is -2.61. The zero-order chi connectivity index (χ0) is 18.6. The summed E-state index contributed by atoms with van der Waals surface area (Å²) in [7, 11) is 1.60. The molecule has 2 aliphatic heterocycles. The van der Waals surface area contributed by atoms with E-state index < -0.39 is 5.60 Å². The Morgan fingerprint density at radius 2 is 1.92 bits per heavy atom. The molecule has 1 atom stereocenters. The van der Waals surface area contributed by atoms with Crippen LogP contribution in [0.4, 0.5) is 5.69 Å². The van der Waals surface area contributed by atoms with Gasteiger partial charge >= 0.3 is 0 Å². The van der Waals surface area contributed by atoms with Crippen molar-refractivity contribution in [2.75, 3.05) is 57.9 Å². The van der Waals surface area contributed by atoms with Crippen molar-refractivity contribution in [2.45, 2.75) is 18.4 Å². The third-order valence-corrected chi connectivity index (χ3v) is 5.12. The lowest BCUT2D eigenvalue weighted by molar-refractivity contribution is -0.160. The van der Waals surface area contributed by atoms with E-state index in [4.69, 9.17) is 4.74 Å². The van der Waals surface area contributed by atoms with E-state index in [2.05, 4.69) is 0 Å². The molecule has 0 aliphatic carbocycles. The van der Waals surface area contributed by atoms with E-state index in [-0.39, 0.29) is 24.9 Å². The van der Waals surface area contributed by atoms with Crippen molar-refractivity contribution in [1.82, 2.24) is 9.80 Å². The highest BCUT2D eigenvalue weighted by atomic mass is 16.5. The minimum Gasteiger partial charge on any atom is -0.383 e. The molecule has 142 valence electrons. The molecule has 0 saturated carbocycles. The fraction of sp³-hybridized carbons (Fsp3) is 0.579. The zero-order valence-corrected chi connectivity index (χ0v) is 15.3. The first-order chi connectivity index (χ1) is 12.5. The topological polar surface area (TPSA) is 73.3 Å². The molecule has 2 saturated heterocycles. The quantitative estimate of drug-likeness (QED) is 0.791. The third-order valence-electron chi connectivity index (χ3n) is 5.12. The average molecular weight is 361 g/mol. The summed E-state index contributed by atoms with van der Waals surface area (Å²) in [5.74, 6) is -0.260. The van der Waals surface area contributed by atoms with Crippen LogP contribution in [0.2, 0.25) is 0 Å². The predicted molar refractivity (Wildman–Crippen MR) is 97.9 cm³/mol. The van der Waals surface area contributed by atoms with Gasteiger partial charge < -0.3 is 19.6 Å². The molecule has 7 heteroatoms. The van der Waals surface area contributed by atoms with Crippen LogP contribution >= 0.6 is 0 Å². The van der Waals surface area contributed by atoms with Gasteiger partial charge in [-0.15, -0.1) is 0 Å². The minimum atomic E-state index is -1.42. The van der Waals surface area contributed by atoms with E-state index in [0.29, 0.717) is 39.2 Å². The first-order valence-electron chi connectivity index (χ1n) is 9.12. The number of likely N-dealkylation sites (tertiary alicyclic amines) is 1. The number of piperazine rings is 1. The van der Waals surface area contributed by atoms with Crippen LogP contribution < -0.4 is 4.90 Å². The van der Waals surface area contributed by atoms with Crippen LogP contribution in [-0.2, 0) is 14.3 Å². The van der Waals surface area contributed by atoms with Crippen LogP contribution in [-0.4, -0.2) is 85.3 Å². The molecule has 26 heavy (non-hydrogen) atoms. The minimum absolute atomic E-state index is 0.00875. The van der Waals surface area contributed by atoms with Gasteiger partial charge in [0.15, 0.2) is 5.60 Å². The van der Waals surface area contributed by atoms with Crippen LogP contribution in [0.3, 0.4) is 0 Å². The maximum Gasteiger partial charge on any atom is 0.255 e. The highest BCUT2D eigenvalue weighted by Crippen LogP contribution is 2.25. The van der Waals surface area contributed by atoms with Crippen LogP contribution in [0, 0.1) is 0 Å². The maximum absolute atomic E-state index is 12.7. The number of piperidine rings is 1. The van der Waals surface area contributed by atoms with Gasteiger partial charge in [0.25, 0.3) is 5.91 Å². The SMILES string of the molecule is COCCN1CCCC(O)(CN2CCN(c3ccccc3)C(=O)C2)C1=O. The van der Waals surface area contributed by atoms with Gasteiger partial charge in [-0.1, -0.05) is 18.2 Å². The summed E-state index contributed by atoms with van der Waals surface area (Å²) >= 11 is 0. The Hall–Kier alpha value is -1.96. The van der Waals surface area contributed by atoms with E-state index in [9.17, 15) is 14.7 Å². The number of methoxy groups -OCH3 is 1. The summed E-state index contributed by atoms with van der Waals surface area (Å²) < 4.78 is 5.04. The Balaban J connectivity index is 1.61. The van der Waals surface area contributed by atoms with Crippen molar-refractivity contribution in [2.24, 2.45) is 0 Å². The lowest BCUT2D eigenvalue weighted by Gasteiger charge is -2.42. The summed E-state index contributed by atoms with van der Waals surface area (Å²) in [5.41, 5.74) is -0.531. The Morgan fingerprint density at radius 1 is 1.15 bits per heavy atom. The molecule has 0 bridgehead atoms. The molecule has 1 unspecified atom stereocenters. The van der Waals surface area contributed by atoms with Crippen molar-refractivity contribution >= 4 is 17.5 Å². The summed E-state index contributed by atoms with van der Waals surface area (Å²) in [5, 5.41) is 10.9. The fourth-order valence-electron chi connectivity index (χ4n) is 3.73. The summed E-state index contributed by atoms with van der Waals surface area (Å²) in [4.78, 5) is 30.5. The van der Waals surface area contributed by atoms with Crippen LogP contribution in [0.1, 0.15) is 12.8 Å². The van der Waals surface area contributed by atoms with Crippen molar-refractivity contribution < 1.29 is 19.4 Å². The number of para-hydroxylation sites is 1. The molecule has 1 N–H and O–H groups in total. The lowest BCUT2D eigenvalue weighted by atomic mass is 9.91. The van der Waals surface area contributed by atoms with E-state index in [0.717, 1.165) is 12.1 Å². The summed E-state index contributed by atoms with van der Waals surface area (Å²) in [6, 6.07) is 9.57. The van der Waals surface area contributed by atoms with Gasteiger partial charge in [-0.3, -0.25) is 14.5 Å². The number of ether oxygens (including phenoxy) is 1. The van der Waals surface area contributed by atoms with E-state index in [1.54, 1.807) is 16.9 Å². The number of benzene rings is 1. The molecule has 0 aromatic heterocycles. The molecule has 0 radical (unpaired) electrons. The maximum atomic E-state index is 12.7. The zero-order valence-electron chi connectivity index (χ0n) is 15.3. The Kier molecular flexibility index (Phi) is 5.90. The third kappa shape index (κ3) is 4.06. The molecule has 1 aromatic carbocycles. The largest absolute Gasteiger partial charge is 0.383 e. The molecule has 0 spiro atoms. The second-order valence-corrected chi connectivity index (χ2v) is 7.01. The molecule has 7 nitrogen and oxygen atoms in total. The van der Waals surface area contributed by atoms with Gasteiger partial charge in [-0.25, -0.2) is 0 Å². The second kappa shape index (κ2) is 8.16. The van der Waals surface area contributed by atoms with E-state index >= 15 is 0 Å². The van der Waals surface area contributed by atoms with Crippen molar-refractivity contribution in [3.8, 4) is 0 Å². The Bertz CT molecular complexity index is 639. The fourth-order valence-corrected chi connectivity index (χ4v) is 3.73. The molecule has 2 amide bonds. The number of amides is 2. The monoisotopic (exact) mass is 361 g/mol. The molecule has 1 aromatic rings. The number of anilines is 1. The number of carbonyl (C=O) groups is 2. The van der Waals surface area contributed by atoms with Gasteiger partial charge in [0.1, 0.15) is 0 Å². The van der Waals surface area contributed by atoms with Gasteiger partial charge in [0, 0.05) is 45.5 Å². The second-order valence-electron chi connectivity index (χ2n) is 7.01. The number of nitrogens with zero attached hydrogens (tertiary/aromatic N) is 3. The van der Waals surface area contributed by atoms with E-state index in [1.807, 2.05) is 35.2 Å². The number of hydrogen-bond donors (Lipinski definition) is 1. The smallest absolute Gasteiger partial charge is 0.255 e. The molecular formula is C19H27N3O4. The first-order valence-corrected chi connectivity index (χ1v) is 9.12. The summed E-state index contributed by atoms with van der Waals surface area (Å²) in [6.45, 7) is 3.18. The number of β-amino-alcohol motifs (C(OH)–C–C–N with tert-alkyl or cyclic N) is 1. The van der Waals surface area contributed by atoms with Gasteiger partial charge in [0.05, 0.1) is 13.2 Å². The number of carbonyl (C=O) groups excluding carboxylic acids is 2. The van der Waals surface area contributed by atoms with Gasteiger partial charge in [-0.2, -0.15) is 0 Å². The van der Waals surface area contributed by atoms with Crippen LogP contribution in [0.5, 0.6) is 0 Å². The highest BCUT2D eigenvalue weighted by molar-refractivity contribution is 5.95. The predicted octanol–water partition coefficient (Wildman–Crippen LogP) is 0.335. The van der Waals surface area contributed by atoms with Gasteiger partial charge in [0.2, 0.25) is 5.91 Å². The highest BCUT2D eigenvalue weighted by Gasteiger charge is 2.44. The number of rotatable bonds is 6. The normalized spacial score (nSPS) is 25.0. The van der Waals surface area contributed by atoms with Crippen molar-refractivity contribution in [3.63, 3.8) is 0 Å². The summed E-state index contributed by atoms with van der Waals surface area (Å²) in [6.07, 6.45) is 1.19.